The van der Waals surface area contributed by atoms with Gasteiger partial charge in [0.25, 0.3) is 0 Å². The SMILES string of the molecule is COC(=O)CC(NC(=O)CSc1nnc(C)n1Cc1ccccc1)c1ccc(C)cc1. The van der Waals surface area contributed by atoms with Gasteiger partial charge in [0.2, 0.25) is 5.91 Å². The monoisotopic (exact) mass is 438 g/mol. The van der Waals surface area contributed by atoms with Crippen molar-refractivity contribution in [2.75, 3.05) is 12.9 Å². The molecule has 0 radical (unpaired) electrons. The standard InChI is InChI=1S/C23H26N4O3S/c1-16-9-11-19(12-10-16)20(13-22(29)30-3)24-21(28)15-31-23-26-25-17(2)27(23)14-18-7-5-4-6-8-18/h4-12,20H,13-15H2,1-3H3,(H,24,28). The third-order valence-corrected chi connectivity index (χ3v) is 5.80. The second kappa shape index (κ2) is 10.8. The number of thioether (sulfide) groups is 1. The van der Waals surface area contributed by atoms with E-state index in [1.54, 1.807) is 0 Å². The van der Waals surface area contributed by atoms with Crippen molar-refractivity contribution in [3.63, 3.8) is 0 Å². The molecule has 31 heavy (non-hydrogen) atoms. The lowest BCUT2D eigenvalue weighted by Crippen LogP contribution is -2.31. The molecule has 0 aliphatic heterocycles. The van der Waals surface area contributed by atoms with E-state index < -0.39 is 6.04 Å². The zero-order valence-electron chi connectivity index (χ0n) is 17.9. The normalized spacial score (nSPS) is 11.7. The molecule has 0 fully saturated rings. The first-order valence-corrected chi connectivity index (χ1v) is 10.9. The van der Waals surface area contributed by atoms with Gasteiger partial charge in [-0.05, 0) is 25.0 Å². The van der Waals surface area contributed by atoms with E-state index in [0.29, 0.717) is 11.7 Å². The first-order valence-electron chi connectivity index (χ1n) is 9.95. The number of benzene rings is 2. The summed E-state index contributed by atoms with van der Waals surface area (Å²) in [7, 11) is 1.34. The van der Waals surface area contributed by atoms with E-state index >= 15 is 0 Å². The van der Waals surface area contributed by atoms with Gasteiger partial charge < -0.3 is 14.6 Å². The molecule has 2 aromatic carbocycles. The summed E-state index contributed by atoms with van der Waals surface area (Å²) in [4.78, 5) is 24.5. The van der Waals surface area contributed by atoms with E-state index in [1.807, 2.05) is 73.0 Å². The highest BCUT2D eigenvalue weighted by atomic mass is 32.2. The summed E-state index contributed by atoms with van der Waals surface area (Å²) >= 11 is 1.32. The molecule has 1 atom stereocenters. The minimum absolute atomic E-state index is 0.0687. The van der Waals surface area contributed by atoms with E-state index in [0.717, 1.165) is 22.5 Å². The lowest BCUT2D eigenvalue weighted by atomic mass is 10.0. The molecule has 1 N–H and O–H groups in total. The summed E-state index contributed by atoms with van der Waals surface area (Å²) in [5, 5.41) is 12.0. The third kappa shape index (κ3) is 6.42. The molecular weight excluding hydrogens is 412 g/mol. The predicted molar refractivity (Wildman–Crippen MR) is 120 cm³/mol. The van der Waals surface area contributed by atoms with Crippen molar-refractivity contribution < 1.29 is 14.3 Å². The van der Waals surface area contributed by atoms with E-state index in [-0.39, 0.29) is 24.1 Å². The molecule has 0 spiro atoms. The fraction of sp³-hybridized carbons (Fsp3) is 0.304. The largest absolute Gasteiger partial charge is 0.469 e. The highest BCUT2D eigenvalue weighted by molar-refractivity contribution is 7.99. The molecule has 3 rings (SSSR count). The number of rotatable bonds is 9. The van der Waals surface area contributed by atoms with Crippen molar-refractivity contribution in [1.29, 1.82) is 0 Å². The molecular formula is C23H26N4O3S. The first-order chi connectivity index (χ1) is 15.0. The molecule has 0 saturated heterocycles. The molecule has 3 aromatic rings. The number of nitrogens with zero attached hydrogens (tertiary/aromatic N) is 3. The topological polar surface area (TPSA) is 86.1 Å². The van der Waals surface area contributed by atoms with Crippen LogP contribution in [0.5, 0.6) is 0 Å². The summed E-state index contributed by atoms with van der Waals surface area (Å²) in [5.74, 6) is 0.384. The van der Waals surface area contributed by atoms with Crippen LogP contribution < -0.4 is 5.32 Å². The number of hydrogen-bond acceptors (Lipinski definition) is 6. The Morgan fingerprint density at radius 2 is 1.77 bits per heavy atom. The van der Waals surface area contributed by atoms with Crippen LogP contribution >= 0.6 is 11.8 Å². The first kappa shape index (κ1) is 22.6. The number of nitrogens with one attached hydrogen (secondary N) is 1. The Bertz CT molecular complexity index is 1020. The maximum atomic E-state index is 12.7. The van der Waals surface area contributed by atoms with Crippen molar-refractivity contribution >= 4 is 23.6 Å². The number of carbonyl (C=O) groups excluding carboxylic acids is 2. The second-order valence-electron chi connectivity index (χ2n) is 7.20. The number of hydrogen-bond donors (Lipinski definition) is 1. The minimum Gasteiger partial charge on any atom is -0.469 e. The third-order valence-electron chi connectivity index (χ3n) is 4.83. The molecule has 0 aliphatic carbocycles. The van der Waals surface area contributed by atoms with Crippen LogP contribution in [0.15, 0.2) is 59.8 Å². The Labute approximate surface area is 186 Å². The molecule has 1 aromatic heterocycles. The van der Waals surface area contributed by atoms with Gasteiger partial charge >= 0.3 is 5.97 Å². The summed E-state index contributed by atoms with van der Waals surface area (Å²) in [6.07, 6.45) is 0.0687. The maximum absolute atomic E-state index is 12.7. The lowest BCUT2D eigenvalue weighted by molar-refractivity contribution is -0.141. The maximum Gasteiger partial charge on any atom is 0.307 e. The Hall–Kier alpha value is -3.13. The van der Waals surface area contributed by atoms with Crippen molar-refractivity contribution in [3.8, 4) is 0 Å². The molecule has 0 bridgehead atoms. The van der Waals surface area contributed by atoms with Crippen molar-refractivity contribution in [1.82, 2.24) is 20.1 Å². The fourth-order valence-electron chi connectivity index (χ4n) is 3.08. The van der Waals surface area contributed by atoms with Gasteiger partial charge in [-0.15, -0.1) is 10.2 Å². The highest BCUT2D eigenvalue weighted by Crippen LogP contribution is 2.21. The van der Waals surface area contributed by atoms with E-state index in [2.05, 4.69) is 15.5 Å². The van der Waals surface area contributed by atoms with Gasteiger partial charge in [-0.1, -0.05) is 71.9 Å². The van der Waals surface area contributed by atoms with Gasteiger partial charge in [-0.2, -0.15) is 0 Å². The predicted octanol–water partition coefficient (Wildman–Crippen LogP) is 3.46. The van der Waals surface area contributed by atoms with Crippen LogP contribution in [-0.2, 0) is 20.9 Å². The van der Waals surface area contributed by atoms with E-state index in [1.165, 1.54) is 18.9 Å². The molecule has 1 amide bonds. The van der Waals surface area contributed by atoms with Gasteiger partial charge in [0.1, 0.15) is 5.82 Å². The van der Waals surface area contributed by atoms with Gasteiger partial charge in [0, 0.05) is 0 Å². The number of carbonyl (C=O) groups is 2. The van der Waals surface area contributed by atoms with Crippen LogP contribution in [0.1, 0.15) is 35.0 Å². The number of ether oxygens (including phenoxy) is 1. The Balaban J connectivity index is 1.65. The fourth-order valence-corrected chi connectivity index (χ4v) is 3.88. The van der Waals surface area contributed by atoms with Crippen LogP contribution in [-0.4, -0.2) is 39.5 Å². The van der Waals surface area contributed by atoms with Crippen LogP contribution in [0.4, 0.5) is 0 Å². The van der Waals surface area contributed by atoms with E-state index in [9.17, 15) is 9.59 Å². The molecule has 0 saturated carbocycles. The lowest BCUT2D eigenvalue weighted by Gasteiger charge is -2.18. The number of amides is 1. The second-order valence-corrected chi connectivity index (χ2v) is 8.14. The number of methoxy groups -OCH3 is 1. The number of esters is 1. The van der Waals surface area contributed by atoms with Crippen molar-refractivity contribution in [2.45, 2.75) is 38.0 Å². The smallest absolute Gasteiger partial charge is 0.307 e. The Morgan fingerprint density at radius 3 is 2.45 bits per heavy atom. The Morgan fingerprint density at radius 1 is 1.06 bits per heavy atom. The molecule has 1 heterocycles. The Kier molecular flexibility index (Phi) is 7.83. The average molecular weight is 439 g/mol. The molecule has 162 valence electrons. The molecule has 7 nitrogen and oxygen atoms in total. The molecule has 8 heteroatoms. The van der Waals surface area contributed by atoms with Crippen LogP contribution in [0, 0.1) is 13.8 Å². The van der Waals surface area contributed by atoms with Crippen LogP contribution in [0.25, 0.3) is 0 Å². The minimum atomic E-state index is -0.454. The van der Waals surface area contributed by atoms with Gasteiger partial charge in [0.05, 0.1) is 31.9 Å². The summed E-state index contributed by atoms with van der Waals surface area (Å²) in [6, 6.07) is 17.3. The number of aromatic nitrogens is 3. The van der Waals surface area contributed by atoms with Crippen LogP contribution in [0.2, 0.25) is 0 Å². The van der Waals surface area contributed by atoms with Crippen LogP contribution in [0.3, 0.4) is 0 Å². The summed E-state index contributed by atoms with van der Waals surface area (Å²) < 4.78 is 6.78. The highest BCUT2D eigenvalue weighted by Gasteiger charge is 2.20. The molecule has 0 aliphatic rings. The zero-order valence-corrected chi connectivity index (χ0v) is 18.7. The quantitative estimate of drug-likeness (QED) is 0.407. The summed E-state index contributed by atoms with van der Waals surface area (Å²) in [5.41, 5.74) is 3.10. The van der Waals surface area contributed by atoms with E-state index in [4.69, 9.17) is 4.74 Å². The van der Waals surface area contributed by atoms with Crippen molar-refractivity contribution in [2.24, 2.45) is 0 Å². The summed E-state index contributed by atoms with van der Waals surface area (Å²) in [6.45, 7) is 4.52. The van der Waals surface area contributed by atoms with Gasteiger partial charge in [-0.25, -0.2) is 0 Å². The van der Waals surface area contributed by atoms with Crippen molar-refractivity contribution in [3.05, 3.63) is 77.1 Å². The van der Waals surface area contributed by atoms with Gasteiger partial charge in [-0.3, -0.25) is 9.59 Å². The molecule has 1 unspecified atom stereocenters. The number of aryl methyl sites for hydroxylation is 2. The average Bonchev–Trinajstić information content (AvgIpc) is 3.12. The van der Waals surface area contributed by atoms with Gasteiger partial charge in [0.15, 0.2) is 5.16 Å². The zero-order chi connectivity index (χ0) is 22.2.